The molecule has 6 atom stereocenters. The van der Waals surface area contributed by atoms with Gasteiger partial charge in [-0.3, -0.25) is 13.7 Å². The van der Waals surface area contributed by atoms with E-state index in [0.717, 1.165) is 29.7 Å². The molecule has 6 unspecified atom stereocenters. The monoisotopic (exact) mass is 612 g/mol. The van der Waals surface area contributed by atoms with Crippen molar-refractivity contribution in [2.45, 2.75) is 85.5 Å². The Bertz CT molecular complexity index is 981. The van der Waals surface area contributed by atoms with Gasteiger partial charge in [-0.1, -0.05) is 49.6 Å². The van der Waals surface area contributed by atoms with Crippen molar-refractivity contribution >= 4 is 22.1 Å². The van der Waals surface area contributed by atoms with Crippen molar-refractivity contribution in [2.24, 2.45) is 0 Å². The van der Waals surface area contributed by atoms with Crippen LogP contribution in [0.1, 0.15) is 67.2 Å². The minimum absolute atomic E-state index is 0.0421. The molecule has 0 aromatic carbocycles. The Morgan fingerprint density at radius 1 is 0.974 bits per heavy atom. The fourth-order valence-electron chi connectivity index (χ4n) is 3.75. The normalized spacial score (nSPS) is 32.2. The van der Waals surface area contributed by atoms with Crippen LogP contribution in [0.2, 0.25) is 0 Å². The molecule has 4 rings (SSSR count). The Balaban J connectivity index is 0.000000274. The van der Waals surface area contributed by atoms with Gasteiger partial charge in [-0.2, -0.15) is 0 Å². The van der Waals surface area contributed by atoms with Crippen molar-refractivity contribution in [3.8, 4) is 0 Å². The highest BCUT2D eigenvalue weighted by Gasteiger charge is 2.30. The molecular weight excluding hydrogens is 561 g/mol. The van der Waals surface area contributed by atoms with Crippen LogP contribution in [0.15, 0.2) is 34.7 Å². The molecule has 39 heavy (non-hydrogen) atoms. The van der Waals surface area contributed by atoms with Crippen molar-refractivity contribution in [3.05, 3.63) is 34.7 Å². The summed E-state index contributed by atoms with van der Waals surface area (Å²) >= 11 is 0. The Labute approximate surface area is 235 Å². The van der Waals surface area contributed by atoms with E-state index in [2.05, 4.69) is 6.92 Å². The van der Waals surface area contributed by atoms with E-state index in [4.69, 9.17) is 23.8 Å². The smallest absolute Gasteiger partial charge is 0.222 e. The summed E-state index contributed by atoms with van der Waals surface area (Å²) in [6, 6.07) is 0. The van der Waals surface area contributed by atoms with Crippen LogP contribution in [0.25, 0.3) is 0 Å². The van der Waals surface area contributed by atoms with Crippen LogP contribution in [0.5, 0.6) is 0 Å². The van der Waals surface area contributed by atoms with Gasteiger partial charge in [0.2, 0.25) is 22.1 Å². The second-order valence-corrected chi connectivity index (χ2v) is 18.0. The van der Waals surface area contributed by atoms with Crippen LogP contribution in [-0.4, -0.2) is 84.0 Å². The van der Waals surface area contributed by atoms with Gasteiger partial charge in [-0.15, -0.1) is 0 Å². The number of aliphatic hydroxyl groups excluding tert-OH is 2. The maximum Gasteiger partial charge on any atom is 0.222 e. The fraction of sp³-hybridized carbons (Fsp3) is 0.778. The molecule has 12 heteroatoms. The van der Waals surface area contributed by atoms with Crippen LogP contribution in [0.3, 0.4) is 0 Å². The molecule has 0 spiro atoms. The zero-order valence-electron chi connectivity index (χ0n) is 24.6. The van der Waals surface area contributed by atoms with E-state index < -0.39 is 28.2 Å². The lowest BCUT2D eigenvalue weighted by Gasteiger charge is -2.19. The first-order chi connectivity index (χ1) is 18.2. The molecule has 228 valence electrons. The zero-order valence-corrected chi connectivity index (χ0v) is 27.3. The van der Waals surface area contributed by atoms with Crippen molar-refractivity contribution in [3.63, 3.8) is 0 Å². The van der Waals surface area contributed by atoms with Gasteiger partial charge in [0.05, 0.1) is 38.1 Å². The number of allylic oxidation sites excluding steroid dienone is 5. The van der Waals surface area contributed by atoms with Crippen molar-refractivity contribution in [2.75, 3.05) is 50.6 Å². The first-order valence-electron chi connectivity index (χ1n) is 13.9. The van der Waals surface area contributed by atoms with E-state index in [-0.39, 0.29) is 19.3 Å². The second-order valence-electron chi connectivity index (χ2n) is 10.7. The van der Waals surface area contributed by atoms with Crippen LogP contribution >= 0.6 is 22.1 Å². The average molecular weight is 613 g/mol. The summed E-state index contributed by atoms with van der Waals surface area (Å²) in [5.41, 5.74) is 3.32. The van der Waals surface area contributed by atoms with Crippen molar-refractivity contribution in [1.82, 2.24) is 0 Å². The molecule has 0 amide bonds. The highest BCUT2D eigenvalue weighted by atomic mass is 31.2. The highest BCUT2D eigenvalue weighted by Crippen LogP contribution is 2.54. The molecule has 0 bridgehead atoms. The van der Waals surface area contributed by atoms with Gasteiger partial charge < -0.3 is 28.9 Å². The van der Waals surface area contributed by atoms with Crippen LogP contribution in [0, 0.1) is 0 Å². The summed E-state index contributed by atoms with van der Waals surface area (Å²) in [7, 11) is -7.68. The highest BCUT2D eigenvalue weighted by molar-refractivity contribution is 7.61. The van der Waals surface area contributed by atoms with Crippen LogP contribution in [0.4, 0.5) is 0 Å². The molecule has 4 heterocycles. The number of rotatable bonds is 9. The molecular formula is C27H51O9P3. The quantitative estimate of drug-likeness (QED) is 0.153. The Morgan fingerprint density at radius 2 is 1.54 bits per heavy atom. The Morgan fingerprint density at radius 3 is 1.82 bits per heavy atom. The summed E-state index contributed by atoms with van der Waals surface area (Å²) in [5.74, 6) is 1.49. The largest absolute Gasteiger partial charge is 0.394 e. The molecule has 9 nitrogen and oxygen atoms in total. The molecule has 4 aliphatic heterocycles. The first kappa shape index (κ1) is 36.7. The Hall–Kier alpha value is -0.330. The van der Waals surface area contributed by atoms with Gasteiger partial charge in [-0.05, 0) is 52.3 Å². The van der Waals surface area contributed by atoms with Crippen LogP contribution in [-0.2, 0) is 27.5 Å². The summed E-state index contributed by atoms with van der Waals surface area (Å²) < 4.78 is 50.1. The minimum Gasteiger partial charge on any atom is -0.394 e. The third-order valence-electron chi connectivity index (χ3n) is 6.50. The van der Waals surface area contributed by atoms with Gasteiger partial charge in [0.25, 0.3) is 0 Å². The fourth-order valence-corrected chi connectivity index (χ4v) is 10.1. The topological polar surface area (TPSA) is 143 Å². The van der Waals surface area contributed by atoms with Crippen molar-refractivity contribution < 1.29 is 42.6 Å². The standard InChI is InChI=1S/2C9H17O3P.C5H9O2P.C4H8O/c1-3-9(10)6-12-13(11)5-4-8(2)7-13;1-3-9(6-10)12-13(11)5-4-8(2)7-13;1-5-2-3-8(6,7)4-5;1-2-4-3-5-4/h2*4,9-10H,3,5-7H2,1-2H3;4H,2-3H2,1H3,(H,6,7);4H,2-3H2,1H3. The van der Waals surface area contributed by atoms with Crippen molar-refractivity contribution in [1.29, 1.82) is 0 Å². The molecule has 0 radical (unpaired) electrons. The molecule has 1 fully saturated rings. The summed E-state index contributed by atoms with van der Waals surface area (Å²) in [6.07, 6.45) is 9.81. The average Bonchev–Trinajstić information content (AvgIpc) is 3.48. The summed E-state index contributed by atoms with van der Waals surface area (Å²) in [5, 5.41) is 18.1. The summed E-state index contributed by atoms with van der Waals surface area (Å²) in [4.78, 5) is 8.84. The molecule has 1 saturated heterocycles. The lowest BCUT2D eigenvalue weighted by Crippen LogP contribution is -2.15. The number of aliphatic hydroxyl groups is 2. The van der Waals surface area contributed by atoms with Gasteiger partial charge in [-0.25, -0.2) is 0 Å². The summed E-state index contributed by atoms with van der Waals surface area (Å²) in [6.45, 7) is 12.9. The predicted molar refractivity (Wildman–Crippen MR) is 160 cm³/mol. The zero-order chi connectivity index (χ0) is 29.7. The molecule has 4 aliphatic rings. The van der Waals surface area contributed by atoms with E-state index in [1.807, 2.05) is 46.8 Å². The van der Waals surface area contributed by atoms with E-state index in [0.29, 0.717) is 49.8 Å². The molecule has 0 aliphatic carbocycles. The number of ether oxygens (including phenoxy) is 1. The van der Waals surface area contributed by atoms with Gasteiger partial charge in [0, 0.05) is 30.8 Å². The lowest BCUT2D eigenvalue weighted by atomic mass is 10.3. The number of hydrogen-bond acceptors (Lipinski definition) is 8. The predicted octanol–water partition coefficient (Wildman–Crippen LogP) is 6.38. The SMILES string of the molecule is CC1=CP(=O)(O)CC1.CCC(CO)OP1(=O)CC=C(C)C1.CCC(O)COP1(=O)CC=C(C)C1.CCC1CO1. The van der Waals surface area contributed by atoms with E-state index in [1.54, 1.807) is 0 Å². The van der Waals surface area contributed by atoms with Gasteiger partial charge in [0.15, 0.2) is 0 Å². The molecule has 0 aromatic rings. The third-order valence-corrected chi connectivity index (χ3v) is 12.9. The van der Waals surface area contributed by atoms with E-state index in [9.17, 15) is 18.8 Å². The number of hydrogen-bond donors (Lipinski definition) is 3. The maximum atomic E-state index is 12.0. The second kappa shape index (κ2) is 17.6. The molecule has 3 N–H and O–H groups in total. The van der Waals surface area contributed by atoms with Gasteiger partial charge >= 0.3 is 0 Å². The number of epoxide rings is 1. The Kier molecular flexibility index (Phi) is 16.5. The van der Waals surface area contributed by atoms with E-state index >= 15 is 0 Å². The van der Waals surface area contributed by atoms with Gasteiger partial charge in [0.1, 0.15) is 0 Å². The third kappa shape index (κ3) is 16.0. The first-order valence-corrected chi connectivity index (χ1v) is 19.8. The lowest BCUT2D eigenvalue weighted by molar-refractivity contribution is 0.106. The van der Waals surface area contributed by atoms with Crippen LogP contribution < -0.4 is 0 Å². The van der Waals surface area contributed by atoms with E-state index in [1.165, 1.54) is 12.2 Å². The molecule has 0 aromatic heterocycles. The maximum absolute atomic E-state index is 12.0. The molecule has 0 saturated carbocycles. The minimum atomic E-state index is -2.76.